The Labute approximate surface area is 132 Å². The number of fused-ring (bicyclic) bond motifs is 2. The molecule has 0 unspecified atom stereocenters. The first kappa shape index (κ1) is 13.7. The van der Waals surface area contributed by atoms with Gasteiger partial charge in [0, 0.05) is 12.6 Å². The van der Waals surface area contributed by atoms with E-state index >= 15 is 0 Å². The van der Waals surface area contributed by atoms with E-state index in [-0.39, 0.29) is 0 Å². The number of benzene rings is 1. The molecule has 0 bridgehead atoms. The second-order valence-electron chi connectivity index (χ2n) is 5.78. The Kier molecular flexibility index (Phi) is 3.18. The maximum absolute atomic E-state index is 4.44. The third-order valence-corrected chi connectivity index (χ3v) is 3.90. The van der Waals surface area contributed by atoms with Crippen molar-refractivity contribution < 1.29 is 0 Å². The zero-order valence-corrected chi connectivity index (χ0v) is 13.0. The number of H-pyrrole nitrogens is 1. The molecule has 0 aliphatic heterocycles. The molecule has 0 aliphatic carbocycles. The van der Waals surface area contributed by atoms with E-state index in [1.165, 1.54) is 11.9 Å². The molecule has 0 saturated heterocycles. The van der Waals surface area contributed by atoms with Crippen molar-refractivity contribution in [3.05, 3.63) is 42.6 Å². The van der Waals surface area contributed by atoms with Gasteiger partial charge in [0.1, 0.15) is 12.1 Å². The normalized spacial score (nSPS) is 11.6. The van der Waals surface area contributed by atoms with Crippen molar-refractivity contribution in [2.45, 2.75) is 26.4 Å². The summed E-state index contributed by atoms with van der Waals surface area (Å²) in [6.07, 6.45) is 5.15. The molecule has 0 fully saturated rings. The second-order valence-corrected chi connectivity index (χ2v) is 5.78. The Morgan fingerprint density at radius 2 is 2.13 bits per heavy atom. The molecule has 0 atom stereocenters. The van der Waals surface area contributed by atoms with Crippen LogP contribution in [-0.4, -0.2) is 29.7 Å². The molecule has 0 amide bonds. The Balaban J connectivity index is 1.62. The highest BCUT2D eigenvalue weighted by Gasteiger charge is 2.08. The van der Waals surface area contributed by atoms with Crippen molar-refractivity contribution in [3.63, 3.8) is 0 Å². The average molecular weight is 307 g/mol. The zero-order valence-electron chi connectivity index (χ0n) is 13.0. The summed E-state index contributed by atoms with van der Waals surface area (Å²) < 4.78 is 2.18. The molecule has 0 saturated carbocycles. The van der Waals surface area contributed by atoms with Gasteiger partial charge in [-0.3, -0.25) is 5.10 Å². The van der Waals surface area contributed by atoms with Crippen molar-refractivity contribution in [2.24, 2.45) is 0 Å². The summed E-state index contributed by atoms with van der Waals surface area (Å²) in [6.45, 7) is 4.99. The number of anilines is 1. The van der Waals surface area contributed by atoms with Gasteiger partial charge in [-0.25, -0.2) is 15.0 Å². The van der Waals surface area contributed by atoms with Gasteiger partial charge in [0.05, 0.1) is 28.9 Å². The van der Waals surface area contributed by atoms with Gasteiger partial charge in [0.2, 0.25) is 0 Å². The predicted octanol–water partition coefficient (Wildman–Crippen LogP) is 2.90. The van der Waals surface area contributed by atoms with Crippen LogP contribution >= 0.6 is 0 Å². The van der Waals surface area contributed by atoms with Crippen LogP contribution in [0.4, 0.5) is 5.82 Å². The summed E-state index contributed by atoms with van der Waals surface area (Å²) in [7, 11) is 0. The fourth-order valence-electron chi connectivity index (χ4n) is 2.68. The van der Waals surface area contributed by atoms with Crippen LogP contribution < -0.4 is 5.32 Å². The van der Waals surface area contributed by atoms with E-state index in [4.69, 9.17) is 0 Å². The van der Waals surface area contributed by atoms with Crippen LogP contribution in [0, 0.1) is 0 Å². The predicted molar refractivity (Wildman–Crippen MR) is 89.1 cm³/mol. The van der Waals surface area contributed by atoms with Gasteiger partial charge >= 0.3 is 0 Å². The third kappa shape index (κ3) is 2.40. The topological polar surface area (TPSA) is 84.3 Å². The van der Waals surface area contributed by atoms with Gasteiger partial charge in [-0.1, -0.05) is 6.07 Å². The lowest BCUT2D eigenvalue weighted by Crippen LogP contribution is -2.03. The molecule has 23 heavy (non-hydrogen) atoms. The molecule has 3 heterocycles. The highest BCUT2D eigenvalue weighted by atomic mass is 15.2. The molecule has 2 N–H and O–H groups in total. The molecule has 0 spiro atoms. The number of nitrogens with zero attached hydrogens (tertiary/aromatic N) is 5. The summed E-state index contributed by atoms with van der Waals surface area (Å²) in [4.78, 5) is 12.9. The van der Waals surface area contributed by atoms with E-state index in [2.05, 4.69) is 67.1 Å². The fourth-order valence-corrected chi connectivity index (χ4v) is 2.68. The molecule has 7 nitrogen and oxygen atoms in total. The molecule has 3 aromatic heterocycles. The largest absolute Gasteiger partial charge is 0.365 e. The SMILES string of the molecule is CC(C)n1cnc2ccc(CNc3ncnc4[nH]ncc34)cc21. The maximum Gasteiger partial charge on any atom is 0.160 e. The summed E-state index contributed by atoms with van der Waals surface area (Å²) in [5.41, 5.74) is 4.07. The quantitative estimate of drug-likeness (QED) is 0.605. The highest BCUT2D eigenvalue weighted by molar-refractivity contribution is 5.85. The number of aromatic nitrogens is 6. The Morgan fingerprint density at radius 3 is 3.00 bits per heavy atom. The van der Waals surface area contributed by atoms with E-state index in [1.54, 1.807) is 6.20 Å². The molecule has 0 aliphatic rings. The lowest BCUT2D eigenvalue weighted by molar-refractivity contribution is 0.617. The minimum atomic E-state index is 0.385. The molecule has 4 aromatic rings. The first-order chi connectivity index (χ1) is 11.2. The Hall–Kier alpha value is -2.96. The number of imidazole rings is 1. The van der Waals surface area contributed by atoms with Crippen molar-refractivity contribution in [3.8, 4) is 0 Å². The van der Waals surface area contributed by atoms with Gasteiger partial charge in [-0.05, 0) is 31.5 Å². The standard InChI is InChI=1S/C16H17N7/c1-10(2)23-9-20-13-4-3-11(5-14(13)23)6-17-15-12-7-21-22-16(12)19-8-18-15/h3-5,7-10H,6H2,1-2H3,(H2,17,18,19,21,22). The van der Waals surface area contributed by atoms with E-state index in [9.17, 15) is 0 Å². The van der Waals surface area contributed by atoms with Crippen LogP contribution in [0.2, 0.25) is 0 Å². The van der Waals surface area contributed by atoms with Crippen molar-refractivity contribution in [2.75, 3.05) is 5.32 Å². The van der Waals surface area contributed by atoms with Gasteiger partial charge in [0.15, 0.2) is 5.65 Å². The maximum atomic E-state index is 4.44. The number of hydrogen-bond acceptors (Lipinski definition) is 5. The van der Waals surface area contributed by atoms with Crippen molar-refractivity contribution in [1.82, 2.24) is 29.7 Å². The van der Waals surface area contributed by atoms with Crippen LogP contribution in [-0.2, 0) is 6.54 Å². The van der Waals surface area contributed by atoms with Crippen molar-refractivity contribution in [1.29, 1.82) is 0 Å². The minimum Gasteiger partial charge on any atom is -0.365 e. The lowest BCUT2D eigenvalue weighted by atomic mass is 10.2. The fraction of sp³-hybridized carbons (Fsp3) is 0.250. The minimum absolute atomic E-state index is 0.385. The molecular weight excluding hydrogens is 290 g/mol. The van der Waals surface area contributed by atoms with Crippen LogP contribution in [0.5, 0.6) is 0 Å². The van der Waals surface area contributed by atoms with Gasteiger partial charge in [-0.15, -0.1) is 0 Å². The average Bonchev–Trinajstić information content (AvgIpc) is 3.19. The van der Waals surface area contributed by atoms with Crippen LogP contribution in [0.3, 0.4) is 0 Å². The van der Waals surface area contributed by atoms with Crippen LogP contribution in [0.25, 0.3) is 22.1 Å². The van der Waals surface area contributed by atoms with Crippen LogP contribution in [0.15, 0.2) is 37.1 Å². The van der Waals surface area contributed by atoms with Gasteiger partial charge in [0.25, 0.3) is 0 Å². The zero-order chi connectivity index (χ0) is 15.8. The Bertz CT molecular complexity index is 967. The van der Waals surface area contributed by atoms with Gasteiger partial charge < -0.3 is 9.88 Å². The summed E-state index contributed by atoms with van der Waals surface area (Å²) in [5, 5.41) is 11.1. The smallest absolute Gasteiger partial charge is 0.160 e. The molecular formula is C16H17N7. The van der Waals surface area contributed by atoms with Gasteiger partial charge in [-0.2, -0.15) is 5.10 Å². The summed E-state index contributed by atoms with van der Waals surface area (Å²) in [5.74, 6) is 0.779. The lowest BCUT2D eigenvalue weighted by Gasteiger charge is -2.10. The molecule has 4 rings (SSSR count). The number of nitrogens with one attached hydrogen (secondary N) is 2. The summed E-state index contributed by atoms with van der Waals surface area (Å²) >= 11 is 0. The highest BCUT2D eigenvalue weighted by Crippen LogP contribution is 2.21. The Morgan fingerprint density at radius 1 is 1.22 bits per heavy atom. The van der Waals surface area contributed by atoms with E-state index in [0.29, 0.717) is 12.6 Å². The number of rotatable bonds is 4. The van der Waals surface area contributed by atoms with Crippen molar-refractivity contribution >= 4 is 27.9 Å². The molecule has 1 aromatic carbocycles. The first-order valence-corrected chi connectivity index (χ1v) is 7.56. The second kappa shape index (κ2) is 5.35. The third-order valence-electron chi connectivity index (χ3n) is 3.90. The summed E-state index contributed by atoms with van der Waals surface area (Å²) in [6, 6.07) is 6.69. The van der Waals surface area contributed by atoms with E-state index in [1.807, 2.05) is 6.33 Å². The first-order valence-electron chi connectivity index (χ1n) is 7.56. The van der Waals surface area contributed by atoms with Crippen LogP contribution in [0.1, 0.15) is 25.5 Å². The molecule has 0 radical (unpaired) electrons. The molecule has 116 valence electrons. The molecule has 7 heteroatoms. The number of aromatic amines is 1. The van der Waals surface area contributed by atoms with E-state index in [0.717, 1.165) is 27.9 Å². The van der Waals surface area contributed by atoms with E-state index < -0.39 is 0 Å². The monoisotopic (exact) mass is 307 g/mol. The number of hydrogen-bond donors (Lipinski definition) is 2.